The van der Waals surface area contributed by atoms with E-state index in [9.17, 15) is 15.8 Å². The molecule has 0 saturated carbocycles. The van der Waals surface area contributed by atoms with Crippen LogP contribution in [0.3, 0.4) is 0 Å². The molecule has 0 aliphatic carbocycles. The highest BCUT2D eigenvalue weighted by atomic mass is 15.2. The maximum absolute atomic E-state index is 9.65. The van der Waals surface area contributed by atoms with Gasteiger partial charge in [0.25, 0.3) is 0 Å². The molecular weight excluding hydrogens is 502 g/mol. The third-order valence-electron chi connectivity index (χ3n) is 8.25. The summed E-state index contributed by atoms with van der Waals surface area (Å²) in [6.07, 6.45) is 0. The number of anilines is 3. The van der Waals surface area contributed by atoms with E-state index >= 15 is 0 Å². The van der Waals surface area contributed by atoms with Crippen LogP contribution in [0.4, 0.5) is 17.1 Å². The van der Waals surface area contributed by atoms with Gasteiger partial charge in [0, 0.05) is 27.6 Å². The van der Waals surface area contributed by atoms with Gasteiger partial charge in [0.1, 0.15) is 0 Å². The first-order chi connectivity index (χ1) is 19.9. The quantitative estimate of drug-likeness (QED) is 0.227. The molecule has 7 rings (SSSR count). The number of rotatable bonds is 2. The Hall–Kier alpha value is -5.83. The largest absolute Gasteiger partial charge is 0.310 e. The molecule has 0 unspecified atom stereocenters. The van der Waals surface area contributed by atoms with Crippen LogP contribution in [0, 0.1) is 34.0 Å². The molecule has 1 aliphatic heterocycles. The summed E-state index contributed by atoms with van der Waals surface area (Å²) in [6.45, 7) is 4.29. The lowest BCUT2D eigenvalue weighted by Gasteiger charge is -2.42. The van der Waals surface area contributed by atoms with Crippen molar-refractivity contribution in [3.63, 3.8) is 0 Å². The summed E-state index contributed by atoms with van der Waals surface area (Å²) in [5, 5.41) is 30.9. The van der Waals surface area contributed by atoms with Crippen molar-refractivity contribution in [2.45, 2.75) is 19.3 Å². The van der Waals surface area contributed by atoms with Gasteiger partial charge in [-0.15, -0.1) is 0 Å². The van der Waals surface area contributed by atoms with Crippen LogP contribution >= 0.6 is 0 Å². The van der Waals surface area contributed by atoms with Crippen molar-refractivity contribution in [2.24, 2.45) is 0 Å². The number of hydrogen-bond donors (Lipinski definition) is 0. The first kappa shape index (κ1) is 24.2. The second kappa shape index (κ2) is 8.85. The fraction of sp³-hybridized carbons (Fsp3) is 0.0833. The van der Waals surface area contributed by atoms with E-state index < -0.39 is 5.41 Å². The second-order valence-electron chi connectivity index (χ2n) is 10.9. The Morgan fingerprint density at radius 3 is 1.66 bits per heavy atom. The molecule has 5 aromatic carbocycles. The number of nitrogens with zero attached hydrogens (tertiary/aromatic N) is 5. The summed E-state index contributed by atoms with van der Waals surface area (Å²) >= 11 is 0. The lowest BCUT2D eigenvalue weighted by molar-refractivity contribution is 0.631. The maximum Gasteiger partial charge on any atom is 0.0991 e. The van der Waals surface area contributed by atoms with Gasteiger partial charge in [-0.3, -0.25) is 0 Å². The van der Waals surface area contributed by atoms with Gasteiger partial charge < -0.3 is 9.47 Å². The van der Waals surface area contributed by atoms with Crippen LogP contribution in [0.15, 0.2) is 103 Å². The summed E-state index contributed by atoms with van der Waals surface area (Å²) in [6, 6.07) is 41.1. The lowest BCUT2D eigenvalue weighted by atomic mass is 9.72. The molecule has 0 saturated heterocycles. The van der Waals surface area contributed by atoms with Crippen molar-refractivity contribution < 1.29 is 0 Å². The highest BCUT2D eigenvalue weighted by Crippen LogP contribution is 2.52. The van der Waals surface area contributed by atoms with Crippen LogP contribution in [-0.2, 0) is 5.41 Å². The Bertz CT molecular complexity index is 2090. The predicted molar refractivity (Wildman–Crippen MR) is 162 cm³/mol. The molecule has 2 heterocycles. The van der Waals surface area contributed by atoms with E-state index in [2.05, 4.69) is 77.9 Å². The van der Waals surface area contributed by atoms with Crippen molar-refractivity contribution in [3.05, 3.63) is 131 Å². The molecular formula is C36H23N5. The molecule has 41 heavy (non-hydrogen) atoms. The molecule has 1 aromatic heterocycles. The highest BCUT2D eigenvalue weighted by Gasteiger charge is 2.37. The third kappa shape index (κ3) is 3.52. The average Bonchev–Trinajstić information content (AvgIpc) is 3.35. The zero-order valence-corrected chi connectivity index (χ0v) is 22.6. The van der Waals surface area contributed by atoms with Gasteiger partial charge in [-0.2, -0.15) is 15.8 Å². The van der Waals surface area contributed by atoms with Gasteiger partial charge in [0.2, 0.25) is 0 Å². The van der Waals surface area contributed by atoms with E-state index in [1.54, 1.807) is 0 Å². The van der Waals surface area contributed by atoms with E-state index in [-0.39, 0.29) is 0 Å². The zero-order chi connectivity index (χ0) is 28.3. The van der Waals surface area contributed by atoms with Crippen LogP contribution in [0.1, 0.15) is 41.7 Å². The van der Waals surface area contributed by atoms with Crippen LogP contribution in [0.2, 0.25) is 0 Å². The Balaban J connectivity index is 1.42. The molecule has 1 aliphatic rings. The summed E-state index contributed by atoms with van der Waals surface area (Å²) < 4.78 is 2.23. The monoisotopic (exact) mass is 525 g/mol. The zero-order valence-electron chi connectivity index (χ0n) is 22.6. The van der Waals surface area contributed by atoms with E-state index in [4.69, 9.17) is 0 Å². The molecule has 0 radical (unpaired) electrons. The summed E-state index contributed by atoms with van der Waals surface area (Å²) in [7, 11) is 0. The fourth-order valence-electron chi connectivity index (χ4n) is 6.23. The normalized spacial score (nSPS) is 13.2. The van der Waals surface area contributed by atoms with E-state index in [1.165, 1.54) is 0 Å². The van der Waals surface area contributed by atoms with Crippen molar-refractivity contribution in [1.29, 1.82) is 15.8 Å². The standard InChI is InChI=1S/C36H23N5/c1-36(2)30-18-24(21-38)8-15-34(30)41(35-16-9-25(22-39)19-31(35)36)27-12-10-26(11-13-27)40-32-6-4-3-5-28(32)29-17-23(20-37)7-14-33(29)40/h3-19H,1-2H3. The van der Waals surface area contributed by atoms with E-state index in [1.807, 2.05) is 66.7 Å². The average molecular weight is 526 g/mol. The van der Waals surface area contributed by atoms with Crippen molar-refractivity contribution in [3.8, 4) is 23.9 Å². The molecule has 6 aromatic rings. The Kier molecular flexibility index (Phi) is 5.23. The SMILES string of the molecule is CC1(C)c2cc(C#N)ccc2N(c2ccc(-n3c4ccccc4c4cc(C#N)ccc43)cc2)c2ccc(C#N)cc21. The van der Waals surface area contributed by atoms with Gasteiger partial charge in [-0.25, -0.2) is 0 Å². The van der Waals surface area contributed by atoms with Gasteiger partial charge in [0.15, 0.2) is 0 Å². The third-order valence-corrected chi connectivity index (χ3v) is 8.25. The number of benzene rings is 5. The van der Waals surface area contributed by atoms with Gasteiger partial charge >= 0.3 is 0 Å². The van der Waals surface area contributed by atoms with E-state index in [0.717, 1.165) is 55.7 Å². The van der Waals surface area contributed by atoms with Gasteiger partial charge in [0.05, 0.1) is 57.3 Å². The number of para-hydroxylation sites is 1. The van der Waals surface area contributed by atoms with Crippen molar-refractivity contribution in [1.82, 2.24) is 4.57 Å². The number of fused-ring (bicyclic) bond motifs is 5. The Labute approximate surface area is 238 Å². The minimum absolute atomic E-state index is 0.397. The smallest absolute Gasteiger partial charge is 0.0991 e. The fourth-order valence-corrected chi connectivity index (χ4v) is 6.23. The number of hydrogen-bond acceptors (Lipinski definition) is 4. The Morgan fingerprint density at radius 2 is 1.05 bits per heavy atom. The van der Waals surface area contributed by atoms with Crippen LogP contribution < -0.4 is 4.90 Å². The summed E-state index contributed by atoms with van der Waals surface area (Å²) in [4.78, 5) is 2.22. The molecule has 5 nitrogen and oxygen atoms in total. The number of aromatic nitrogens is 1. The second-order valence-corrected chi connectivity index (χ2v) is 10.9. The van der Waals surface area contributed by atoms with Gasteiger partial charge in [-0.1, -0.05) is 32.0 Å². The predicted octanol–water partition coefficient (Wildman–Crippen LogP) is 8.51. The van der Waals surface area contributed by atoms with Crippen LogP contribution in [-0.4, -0.2) is 4.57 Å². The van der Waals surface area contributed by atoms with Crippen LogP contribution in [0.5, 0.6) is 0 Å². The first-order valence-corrected chi connectivity index (χ1v) is 13.4. The van der Waals surface area contributed by atoms with Crippen molar-refractivity contribution in [2.75, 3.05) is 4.90 Å². The molecule has 192 valence electrons. The number of nitriles is 3. The summed E-state index contributed by atoms with van der Waals surface area (Å²) in [5.41, 5.74) is 9.69. The lowest BCUT2D eigenvalue weighted by Crippen LogP contribution is -2.31. The molecule has 0 bridgehead atoms. The Morgan fingerprint density at radius 1 is 0.537 bits per heavy atom. The first-order valence-electron chi connectivity index (χ1n) is 13.4. The molecule has 0 N–H and O–H groups in total. The minimum Gasteiger partial charge on any atom is -0.310 e. The molecule has 5 heteroatoms. The maximum atomic E-state index is 9.65. The summed E-state index contributed by atoms with van der Waals surface area (Å²) in [5.74, 6) is 0. The molecule has 0 spiro atoms. The molecule has 0 fully saturated rings. The minimum atomic E-state index is -0.397. The van der Waals surface area contributed by atoms with Crippen LogP contribution in [0.25, 0.3) is 27.5 Å². The molecule has 0 atom stereocenters. The van der Waals surface area contributed by atoms with Gasteiger partial charge in [-0.05, 0) is 96.1 Å². The molecule has 0 amide bonds. The van der Waals surface area contributed by atoms with Crippen molar-refractivity contribution >= 4 is 38.9 Å². The van der Waals surface area contributed by atoms with E-state index in [0.29, 0.717) is 16.7 Å². The topological polar surface area (TPSA) is 79.5 Å². The highest BCUT2D eigenvalue weighted by molar-refractivity contribution is 6.09.